The van der Waals surface area contributed by atoms with Crippen molar-refractivity contribution in [3.05, 3.63) is 35.9 Å². The third kappa shape index (κ3) is 5.82. The monoisotopic (exact) mass is 395 g/mol. The quantitative estimate of drug-likeness (QED) is 0.515. The van der Waals surface area contributed by atoms with Gasteiger partial charge in [-0.15, -0.1) is 0 Å². The van der Waals surface area contributed by atoms with E-state index in [4.69, 9.17) is 9.47 Å². The zero-order valence-electron chi connectivity index (χ0n) is 15.8. The molecule has 7 nitrogen and oxygen atoms in total. The van der Waals surface area contributed by atoms with E-state index in [-0.39, 0.29) is 17.5 Å². The first-order valence-corrected chi connectivity index (χ1v) is 10.6. The highest BCUT2D eigenvalue weighted by Gasteiger charge is 2.34. The first kappa shape index (κ1) is 21.0. The average Bonchev–Trinajstić information content (AvgIpc) is 2.99. The molecule has 0 aromatic heterocycles. The SMILES string of the molecule is CCOc1ccccc1/C=C/C(=O)O[C@@H](C)C(=O)N(C)[C@H]1CCS(=O)(=O)C1. The molecule has 0 bridgehead atoms. The Hall–Kier alpha value is -2.35. The van der Waals surface area contributed by atoms with Gasteiger partial charge < -0.3 is 14.4 Å². The van der Waals surface area contributed by atoms with Gasteiger partial charge in [-0.3, -0.25) is 4.79 Å². The van der Waals surface area contributed by atoms with Crippen LogP contribution in [0.3, 0.4) is 0 Å². The van der Waals surface area contributed by atoms with Gasteiger partial charge in [-0.05, 0) is 32.4 Å². The van der Waals surface area contributed by atoms with E-state index < -0.39 is 27.8 Å². The standard InChI is InChI=1S/C19H25NO6S/c1-4-25-17-8-6-5-7-15(17)9-10-18(21)26-14(2)19(22)20(3)16-11-12-27(23,24)13-16/h5-10,14,16H,4,11-13H2,1-3H3/b10-9+/t14-,16-/m0/s1. The second-order valence-electron chi connectivity index (χ2n) is 6.39. The number of hydrogen-bond acceptors (Lipinski definition) is 6. The molecular weight excluding hydrogens is 370 g/mol. The van der Waals surface area contributed by atoms with E-state index in [0.717, 1.165) is 5.56 Å². The lowest BCUT2D eigenvalue weighted by Crippen LogP contribution is -2.44. The van der Waals surface area contributed by atoms with Crippen molar-refractivity contribution >= 4 is 27.8 Å². The number of carbonyl (C=O) groups is 2. The number of esters is 1. The lowest BCUT2D eigenvalue weighted by molar-refractivity contribution is -0.155. The highest BCUT2D eigenvalue weighted by Crippen LogP contribution is 2.20. The van der Waals surface area contributed by atoms with Crippen molar-refractivity contribution in [1.29, 1.82) is 0 Å². The summed E-state index contributed by atoms with van der Waals surface area (Å²) in [5.74, 6) is -0.409. The number of likely N-dealkylation sites (N-methyl/N-ethyl adjacent to an activating group) is 1. The number of nitrogens with zero attached hydrogens (tertiary/aromatic N) is 1. The number of benzene rings is 1. The first-order chi connectivity index (χ1) is 12.7. The van der Waals surface area contributed by atoms with Crippen LogP contribution in [0.15, 0.2) is 30.3 Å². The van der Waals surface area contributed by atoms with Crippen molar-refractivity contribution < 1.29 is 27.5 Å². The molecular formula is C19H25NO6S. The minimum atomic E-state index is -3.10. The van der Waals surface area contributed by atoms with Crippen molar-refractivity contribution in [3.8, 4) is 5.75 Å². The fraction of sp³-hybridized carbons (Fsp3) is 0.474. The van der Waals surface area contributed by atoms with Crippen LogP contribution < -0.4 is 4.74 Å². The number of amides is 1. The van der Waals surface area contributed by atoms with Crippen molar-refractivity contribution in [3.63, 3.8) is 0 Å². The Morgan fingerprint density at radius 3 is 2.67 bits per heavy atom. The lowest BCUT2D eigenvalue weighted by Gasteiger charge is -2.26. The zero-order chi connectivity index (χ0) is 20.0. The van der Waals surface area contributed by atoms with Crippen LogP contribution >= 0.6 is 0 Å². The second-order valence-corrected chi connectivity index (χ2v) is 8.62. The summed E-state index contributed by atoms with van der Waals surface area (Å²) in [5, 5.41) is 0. The maximum absolute atomic E-state index is 12.4. The minimum Gasteiger partial charge on any atom is -0.493 e. The summed E-state index contributed by atoms with van der Waals surface area (Å²) in [6.45, 7) is 3.85. The van der Waals surface area contributed by atoms with Crippen molar-refractivity contribution in [2.24, 2.45) is 0 Å². The number of para-hydroxylation sites is 1. The van der Waals surface area contributed by atoms with E-state index >= 15 is 0 Å². The third-order valence-corrected chi connectivity index (χ3v) is 6.11. The maximum atomic E-state index is 12.4. The minimum absolute atomic E-state index is 0.0516. The Morgan fingerprint density at radius 2 is 2.04 bits per heavy atom. The lowest BCUT2D eigenvalue weighted by atomic mass is 10.2. The Morgan fingerprint density at radius 1 is 1.33 bits per heavy atom. The molecule has 1 aliphatic heterocycles. The molecule has 1 saturated heterocycles. The van der Waals surface area contributed by atoms with E-state index in [1.807, 2.05) is 19.1 Å². The highest BCUT2D eigenvalue weighted by molar-refractivity contribution is 7.91. The summed E-state index contributed by atoms with van der Waals surface area (Å²) in [4.78, 5) is 25.8. The van der Waals surface area contributed by atoms with Gasteiger partial charge in [0.2, 0.25) is 0 Å². The largest absolute Gasteiger partial charge is 0.493 e. The van der Waals surface area contributed by atoms with Crippen LogP contribution in [0.25, 0.3) is 6.08 Å². The predicted molar refractivity (Wildman–Crippen MR) is 102 cm³/mol. The van der Waals surface area contributed by atoms with Gasteiger partial charge in [-0.25, -0.2) is 13.2 Å². The van der Waals surface area contributed by atoms with Crippen LogP contribution in [0.1, 0.15) is 25.8 Å². The molecule has 0 radical (unpaired) electrons. The third-order valence-electron chi connectivity index (χ3n) is 4.36. The summed E-state index contributed by atoms with van der Waals surface area (Å²) >= 11 is 0. The van der Waals surface area contributed by atoms with Gasteiger partial charge in [0.1, 0.15) is 5.75 Å². The van der Waals surface area contributed by atoms with E-state index in [9.17, 15) is 18.0 Å². The van der Waals surface area contributed by atoms with Crippen LogP contribution in [-0.2, 0) is 24.2 Å². The normalized spacial score (nSPS) is 19.6. The van der Waals surface area contributed by atoms with E-state index in [2.05, 4.69) is 0 Å². The molecule has 0 N–H and O–H groups in total. The Balaban J connectivity index is 1.94. The molecule has 1 heterocycles. The molecule has 1 aromatic carbocycles. The van der Waals surface area contributed by atoms with E-state index in [0.29, 0.717) is 18.8 Å². The number of sulfone groups is 1. The topological polar surface area (TPSA) is 90.0 Å². The molecule has 1 aromatic rings. The van der Waals surface area contributed by atoms with Crippen LogP contribution in [0.2, 0.25) is 0 Å². The van der Waals surface area contributed by atoms with Gasteiger partial charge in [0.25, 0.3) is 5.91 Å². The van der Waals surface area contributed by atoms with Crippen LogP contribution in [0, 0.1) is 0 Å². The number of carbonyl (C=O) groups excluding carboxylic acids is 2. The summed E-state index contributed by atoms with van der Waals surface area (Å²) < 4.78 is 33.8. The fourth-order valence-electron chi connectivity index (χ4n) is 2.87. The molecule has 0 aliphatic carbocycles. The van der Waals surface area contributed by atoms with Gasteiger partial charge in [0.15, 0.2) is 15.9 Å². The van der Waals surface area contributed by atoms with Crippen LogP contribution in [-0.4, -0.2) is 62.5 Å². The van der Waals surface area contributed by atoms with Gasteiger partial charge in [0, 0.05) is 24.7 Å². The summed E-state index contributed by atoms with van der Waals surface area (Å²) in [7, 11) is -1.56. The average molecular weight is 395 g/mol. The molecule has 1 fully saturated rings. The summed E-state index contributed by atoms with van der Waals surface area (Å²) in [6, 6.07) is 6.88. The Kier molecular flexibility index (Phi) is 7.01. The maximum Gasteiger partial charge on any atom is 0.331 e. The van der Waals surface area contributed by atoms with Crippen LogP contribution in [0.5, 0.6) is 5.75 Å². The van der Waals surface area contributed by atoms with Gasteiger partial charge >= 0.3 is 5.97 Å². The first-order valence-electron chi connectivity index (χ1n) is 8.81. The molecule has 0 saturated carbocycles. The molecule has 1 amide bonds. The summed E-state index contributed by atoms with van der Waals surface area (Å²) in [6.07, 6.45) is 2.20. The summed E-state index contributed by atoms with van der Waals surface area (Å²) in [5.41, 5.74) is 0.726. The number of hydrogen-bond donors (Lipinski definition) is 0. The molecule has 1 aliphatic rings. The molecule has 0 unspecified atom stereocenters. The molecule has 0 spiro atoms. The highest BCUT2D eigenvalue weighted by atomic mass is 32.2. The smallest absolute Gasteiger partial charge is 0.331 e. The predicted octanol–water partition coefficient (Wildman–Crippen LogP) is 1.68. The Labute approximate surface area is 159 Å². The molecule has 2 atom stereocenters. The molecule has 8 heteroatoms. The Bertz CT molecular complexity index is 817. The van der Waals surface area contributed by atoms with Crippen molar-refractivity contribution in [2.45, 2.75) is 32.4 Å². The number of ether oxygens (including phenoxy) is 2. The van der Waals surface area contributed by atoms with E-state index in [1.54, 1.807) is 18.2 Å². The molecule has 148 valence electrons. The fourth-order valence-corrected chi connectivity index (χ4v) is 4.65. The van der Waals surface area contributed by atoms with Crippen molar-refractivity contribution in [2.75, 3.05) is 25.2 Å². The van der Waals surface area contributed by atoms with Crippen molar-refractivity contribution in [1.82, 2.24) is 4.90 Å². The second kappa shape index (κ2) is 9.03. The number of rotatable bonds is 7. The zero-order valence-corrected chi connectivity index (χ0v) is 16.6. The van der Waals surface area contributed by atoms with Crippen LogP contribution in [0.4, 0.5) is 0 Å². The van der Waals surface area contributed by atoms with E-state index in [1.165, 1.54) is 24.9 Å². The van der Waals surface area contributed by atoms with Gasteiger partial charge in [-0.2, -0.15) is 0 Å². The van der Waals surface area contributed by atoms with Gasteiger partial charge in [0.05, 0.1) is 18.1 Å². The van der Waals surface area contributed by atoms with Gasteiger partial charge in [-0.1, -0.05) is 18.2 Å². The molecule has 27 heavy (non-hydrogen) atoms. The molecule has 2 rings (SSSR count).